The molecular weight excluding hydrogens is 298 g/mol. The highest BCUT2D eigenvalue weighted by atomic mass is 16.3. The van der Waals surface area contributed by atoms with Gasteiger partial charge in [0.25, 0.3) is 5.56 Å². The summed E-state index contributed by atoms with van der Waals surface area (Å²) in [4.78, 5) is 24.0. The first-order valence-electron chi connectivity index (χ1n) is 7.57. The molecule has 2 atom stereocenters. The summed E-state index contributed by atoms with van der Waals surface area (Å²) >= 11 is 0. The molecule has 2 aromatic rings. The summed E-state index contributed by atoms with van der Waals surface area (Å²) in [7, 11) is 0. The van der Waals surface area contributed by atoms with E-state index in [1.165, 1.54) is 12.3 Å². The molecule has 0 saturated carbocycles. The van der Waals surface area contributed by atoms with E-state index in [0.29, 0.717) is 11.5 Å². The maximum absolute atomic E-state index is 12.1. The zero-order valence-electron chi connectivity index (χ0n) is 13.2. The first-order chi connectivity index (χ1) is 11.0. The summed E-state index contributed by atoms with van der Waals surface area (Å²) < 4.78 is 6.32. The normalized spacial score (nSPS) is 13.5. The fraction of sp³-hybridized carbons (Fsp3) is 0.438. The number of hydrogen-bond donors (Lipinski definition) is 2. The minimum absolute atomic E-state index is 0.142. The lowest BCUT2D eigenvalue weighted by atomic mass is 10.00. The van der Waals surface area contributed by atoms with Crippen LogP contribution >= 0.6 is 0 Å². The third-order valence-corrected chi connectivity index (χ3v) is 3.81. The Hall–Kier alpha value is -2.41. The fourth-order valence-corrected chi connectivity index (χ4v) is 2.16. The molecule has 2 aromatic heterocycles. The molecular formula is C16H21N3O4. The van der Waals surface area contributed by atoms with Gasteiger partial charge >= 0.3 is 0 Å². The van der Waals surface area contributed by atoms with Crippen molar-refractivity contribution in [3.8, 4) is 11.5 Å². The predicted molar refractivity (Wildman–Crippen MR) is 84.7 cm³/mol. The zero-order chi connectivity index (χ0) is 16.8. The molecule has 0 spiro atoms. The highest BCUT2D eigenvalue weighted by Crippen LogP contribution is 2.15. The molecule has 23 heavy (non-hydrogen) atoms. The van der Waals surface area contributed by atoms with E-state index >= 15 is 0 Å². The molecule has 0 aromatic carbocycles. The van der Waals surface area contributed by atoms with Crippen LogP contribution in [0.3, 0.4) is 0 Å². The van der Waals surface area contributed by atoms with Gasteiger partial charge in [-0.2, -0.15) is 5.10 Å². The quantitative estimate of drug-likeness (QED) is 0.794. The maximum Gasteiger partial charge on any atom is 0.267 e. The highest BCUT2D eigenvalue weighted by molar-refractivity contribution is 5.76. The van der Waals surface area contributed by atoms with Crippen LogP contribution < -0.4 is 10.9 Å². The third-order valence-electron chi connectivity index (χ3n) is 3.81. The topological polar surface area (TPSA) is 97.4 Å². The molecule has 2 heterocycles. The van der Waals surface area contributed by atoms with E-state index in [2.05, 4.69) is 10.4 Å². The number of nitrogens with one attached hydrogen (secondary N) is 1. The first-order valence-corrected chi connectivity index (χ1v) is 7.57. The summed E-state index contributed by atoms with van der Waals surface area (Å²) in [6, 6.07) is 6.00. The molecule has 7 heteroatoms. The van der Waals surface area contributed by atoms with Crippen molar-refractivity contribution in [3.63, 3.8) is 0 Å². The van der Waals surface area contributed by atoms with Gasteiger partial charge in [-0.1, -0.05) is 20.3 Å². The van der Waals surface area contributed by atoms with E-state index in [4.69, 9.17) is 4.42 Å². The molecule has 0 radical (unpaired) electrons. The summed E-state index contributed by atoms with van der Waals surface area (Å²) in [6.45, 7) is 3.58. The van der Waals surface area contributed by atoms with Crippen molar-refractivity contribution in [1.82, 2.24) is 15.1 Å². The summed E-state index contributed by atoms with van der Waals surface area (Å²) in [6.07, 6.45) is 2.34. The van der Waals surface area contributed by atoms with Crippen LogP contribution in [0, 0.1) is 5.92 Å². The lowest BCUT2D eigenvalue weighted by Crippen LogP contribution is -2.44. The summed E-state index contributed by atoms with van der Waals surface area (Å²) in [5, 5.41) is 16.2. The molecule has 0 bridgehead atoms. The molecule has 124 valence electrons. The molecule has 2 unspecified atom stereocenters. The van der Waals surface area contributed by atoms with Crippen LogP contribution in [0.15, 0.2) is 39.7 Å². The van der Waals surface area contributed by atoms with Crippen molar-refractivity contribution in [2.45, 2.75) is 32.9 Å². The van der Waals surface area contributed by atoms with Gasteiger partial charge in [0, 0.05) is 6.07 Å². The molecule has 2 N–H and O–H groups in total. The first kappa shape index (κ1) is 17.0. The molecule has 0 saturated heterocycles. The number of amides is 1. The van der Waals surface area contributed by atoms with Crippen LogP contribution in [0.5, 0.6) is 0 Å². The molecule has 2 rings (SSSR count). The Labute approximate surface area is 133 Å². The van der Waals surface area contributed by atoms with Gasteiger partial charge in [-0.15, -0.1) is 0 Å². The molecule has 0 aliphatic carbocycles. The fourth-order valence-electron chi connectivity index (χ4n) is 2.16. The van der Waals surface area contributed by atoms with Crippen LogP contribution in [0.2, 0.25) is 0 Å². The second-order valence-electron chi connectivity index (χ2n) is 5.43. The molecule has 0 fully saturated rings. The lowest BCUT2D eigenvalue weighted by Gasteiger charge is -2.22. The number of aliphatic hydroxyl groups excluding tert-OH is 1. The van der Waals surface area contributed by atoms with Gasteiger partial charge in [-0.3, -0.25) is 9.59 Å². The molecule has 1 amide bonds. The van der Waals surface area contributed by atoms with Crippen LogP contribution in [-0.2, 0) is 11.3 Å². The Morgan fingerprint density at radius 1 is 1.43 bits per heavy atom. The number of rotatable bonds is 7. The van der Waals surface area contributed by atoms with E-state index in [1.807, 2.05) is 13.8 Å². The van der Waals surface area contributed by atoms with E-state index in [9.17, 15) is 14.7 Å². The Morgan fingerprint density at radius 3 is 2.83 bits per heavy atom. The Kier molecular flexibility index (Phi) is 5.70. The van der Waals surface area contributed by atoms with Gasteiger partial charge in [0.2, 0.25) is 5.91 Å². The monoisotopic (exact) mass is 319 g/mol. The van der Waals surface area contributed by atoms with Gasteiger partial charge in [0.05, 0.1) is 18.9 Å². The Balaban J connectivity index is 2.11. The average molecular weight is 319 g/mol. The largest absolute Gasteiger partial charge is 0.463 e. The second-order valence-corrected chi connectivity index (χ2v) is 5.43. The molecule has 0 aliphatic rings. The van der Waals surface area contributed by atoms with Gasteiger partial charge in [0.15, 0.2) is 5.76 Å². The summed E-state index contributed by atoms with van der Waals surface area (Å²) in [5.74, 6) is 0.297. The number of aliphatic hydroxyl groups is 1. The number of nitrogens with zero attached hydrogens (tertiary/aromatic N) is 2. The Morgan fingerprint density at radius 2 is 2.22 bits per heavy atom. The lowest BCUT2D eigenvalue weighted by molar-refractivity contribution is -0.123. The molecule has 7 nitrogen and oxygen atoms in total. The average Bonchev–Trinajstić information content (AvgIpc) is 3.08. The van der Waals surface area contributed by atoms with E-state index in [1.54, 1.807) is 18.2 Å². The van der Waals surface area contributed by atoms with Crippen LogP contribution in [0.1, 0.15) is 20.3 Å². The van der Waals surface area contributed by atoms with Crippen LogP contribution in [-0.4, -0.2) is 33.4 Å². The van der Waals surface area contributed by atoms with Crippen LogP contribution in [0.4, 0.5) is 0 Å². The predicted octanol–water partition coefficient (Wildman–Crippen LogP) is 1.03. The van der Waals surface area contributed by atoms with Gasteiger partial charge in [-0.05, 0) is 24.1 Å². The standard InChI is InChI=1S/C16H21N3O4/c1-3-11(2)13(10-20)17-15(21)9-19-16(22)7-6-12(18-19)14-5-4-8-23-14/h4-8,11,13,20H,3,9-10H2,1-2H3,(H,17,21). The van der Waals surface area contributed by atoms with Crippen molar-refractivity contribution in [2.75, 3.05) is 6.61 Å². The molecule has 0 aliphatic heterocycles. The number of aromatic nitrogens is 2. The highest BCUT2D eigenvalue weighted by Gasteiger charge is 2.18. The van der Waals surface area contributed by atoms with E-state index in [0.717, 1.165) is 11.1 Å². The second kappa shape index (κ2) is 7.73. The smallest absolute Gasteiger partial charge is 0.267 e. The zero-order valence-corrected chi connectivity index (χ0v) is 13.2. The number of furan rings is 1. The van der Waals surface area contributed by atoms with Crippen molar-refractivity contribution in [2.24, 2.45) is 5.92 Å². The number of carbonyl (C=O) groups excluding carboxylic acids is 1. The third kappa shape index (κ3) is 4.29. The van der Waals surface area contributed by atoms with Crippen molar-refractivity contribution in [1.29, 1.82) is 0 Å². The minimum atomic E-state index is -0.375. The van der Waals surface area contributed by atoms with E-state index in [-0.39, 0.29) is 36.6 Å². The number of carbonyl (C=O) groups is 1. The number of hydrogen-bond acceptors (Lipinski definition) is 5. The SMILES string of the molecule is CCC(C)C(CO)NC(=O)Cn1nc(-c2ccco2)ccc1=O. The Bertz CT molecular complexity index is 694. The van der Waals surface area contributed by atoms with Gasteiger partial charge in [0.1, 0.15) is 12.2 Å². The van der Waals surface area contributed by atoms with Crippen molar-refractivity contribution >= 4 is 5.91 Å². The minimum Gasteiger partial charge on any atom is -0.463 e. The summed E-state index contributed by atoms with van der Waals surface area (Å²) in [5.41, 5.74) is 0.0996. The van der Waals surface area contributed by atoms with Crippen LogP contribution in [0.25, 0.3) is 11.5 Å². The maximum atomic E-state index is 12.1. The van der Waals surface area contributed by atoms with Gasteiger partial charge in [-0.25, -0.2) is 4.68 Å². The van der Waals surface area contributed by atoms with Gasteiger partial charge < -0.3 is 14.8 Å². The van der Waals surface area contributed by atoms with Crippen molar-refractivity contribution in [3.05, 3.63) is 40.9 Å². The van der Waals surface area contributed by atoms with Crippen molar-refractivity contribution < 1.29 is 14.3 Å². The van der Waals surface area contributed by atoms with E-state index < -0.39 is 0 Å².